The average molecular weight is 420 g/mol. The van der Waals surface area contributed by atoms with E-state index in [1.54, 1.807) is 4.90 Å². The van der Waals surface area contributed by atoms with Crippen LogP contribution in [0.2, 0.25) is 0 Å². The van der Waals surface area contributed by atoms with E-state index < -0.39 is 0 Å². The molecule has 0 bridgehead atoms. The van der Waals surface area contributed by atoms with Crippen LogP contribution >= 0.6 is 12.4 Å². The van der Waals surface area contributed by atoms with Gasteiger partial charge in [-0.25, -0.2) is 0 Å². The molecule has 1 saturated heterocycles. The zero-order chi connectivity index (χ0) is 19.8. The summed E-state index contributed by atoms with van der Waals surface area (Å²) in [5.41, 5.74) is 6.44. The van der Waals surface area contributed by atoms with Crippen LogP contribution in [0.5, 0.6) is 0 Å². The summed E-state index contributed by atoms with van der Waals surface area (Å²) in [6, 6.07) is 13.9. The number of amides is 2. The number of carbonyl (C=O) groups excluding carboxylic acids is 2. The number of benzene rings is 2. The smallest absolute Gasteiger partial charge is 0.241 e. The molecule has 2 amide bonds. The fourth-order valence-electron chi connectivity index (χ4n) is 3.57. The lowest BCUT2D eigenvalue weighted by Crippen LogP contribution is -2.45. The predicted molar refractivity (Wildman–Crippen MR) is 117 cm³/mol. The Bertz CT molecular complexity index is 801. The largest absolute Gasteiger partial charge is 0.378 e. The van der Waals surface area contributed by atoms with Crippen LogP contribution in [-0.4, -0.2) is 55.6 Å². The highest BCUT2D eigenvalue weighted by Crippen LogP contribution is 2.19. The number of nitrogens with one attached hydrogen (secondary N) is 1. The van der Waals surface area contributed by atoms with Gasteiger partial charge in [0.25, 0.3) is 0 Å². The van der Waals surface area contributed by atoms with Crippen molar-refractivity contribution in [2.75, 3.05) is 32.8 Å². The van der Waals surface area contributed by atoms with Crippen molar-refractivity contribution < 1.29 is 14.3 Å². The second-order valence-electron chi connectivity index (χ2n) is 7.18. The number of likely N-dealkylation sites (tertiary alicyclic amines) is 1. The van der Waals surface area contributed by atoms with Crippen LogP contribution in [-0.2, 0) is 20.7 Å². The van der Waals surface area contributed by atoms with Crippen molar-refractivity contribution in [2.45, 2.75) is 31.8 Å². The molecule has 3 rings (SSSR count). The van der Waals surface area contributed by atoms with Crippen molar-refractivity contribution in [1.29, 1.82) is 0 Å². The molecule has 0 unspecified atom stereocenters. The van der Waals surface area contributed by atoms with Crippen molar-refractivity contribution in [3.8, 4) is 0 Å². The van der Waals surface area contributed by atoms with Crippen molar-refractivity contribution >= 4 is 35.0 Å². The highest BCUT2D eigenvalue weighted by Gasteiger charge is 2.23. The van der Waals surface area contributed by atoms with E-state index in [9.17, 15) is 9.59 Å². The lowest BCUT2D eigenvalue weighted by atomic mass is 10.0. The van der Waals surface area contributed by atoms with E-state index >= 15 is 0 Å². The molecule has 0 saturated carbocycles. The first-order valence-corrected chi connectivity index (χ1v) is 10.00. The van der Waals surface area contributed by atoms with Crippen LogP contribution in [0.3, 0.4) is 0 Å². The highest BCUT2D eigenvalue weighted by molar-refractivity contribution is 5.91. The van der Waals surface area contributed by atoms with Gasteiger partial charge < -0.3 is 20.7 Å². The normalized spacial score (nSPS) is 14.4. The fourth-order valence-corrected chi connectivity index (χ4v) is 3.57. The average Bonchev–Trinajstić information content (AvgIpc) is 2.73. The molecule has 1 fully saturated rings. The summed E-state index contributed by atoms with van der Waals surface area (Å²) >= 11 is 0. The van der Waals surface area contributed by atoms with E-state index in [0.29, 0.717) is 26.2 Å². The molecule has 0 aromatic heterocycles. The van der Waals surface area contributed by atoms with Crippen LogP contribution in [0.25, 0.3) is 10.8 Å². The Hall–Kier alpha value is -2.15. The molecule has 1 aliphatic heterocycles. The molecule has 0 radical (unpaired) electrons. The minimum absolute atomic E-state index is 0. The Morgan fingerprint density at radius 3 is 2.59 bits per heavy atom. The maximum Gasteiger partial charge on any atom is 0.241 e. The maximum atomic E-state index is 12.4. The Morgan fingerprint density at radius 1 is 1.10 bits per heavy atom. The van der Waals surface area contributed by atoms with E-state index in [1.807, 2.05) is 42.5 Å². The second-order valence-corrected chi connectivity index (χ2v) is 7.18. The highest BCUT2D eigenvalue weighted by atomic mass is 35.5. The van der Waals surface area contributed by atoms with Crippen LogP contribution in [0.4, 0.5) is 0 Å². The van der Waals surface area contributed by atoms with Gasteiger partial charge >= 0.3 is 0 Å². The molecule has 1 heterocycles. The number of nitrogens with zero attached hydrogens (tertiary/aromatic N) is 1. The van der Waals surface area contributed by atoms with E-state index in [1.165, 1.54) is 0 Å². The second kappa shape index (κ2) is 11.8. The summed E-state index contributed by atoms with van der Waals surface area (Å²) in [7, 11) is 0. The van der Waals surface area contributed by atoms with Gasteiger partial charge in [0.15, 0.2) is 0 Å². The van der Waals surface area contributed by atoms with Gasteiger partial charge in [0.2, 0.25) is 11.8 Å². The molecule has 0 aliphatic carbocycles. The Morgan fingerprint density at radius 2 is 1.83 bits per heavy atom. The monoisotopic (exact) mass is 419 g/mol. The summed E-state index contributed by atoms with van der Waals surface area (Å²) in [5, 5.41) is 4.95. The first kappa shape index (κ1) is 23.1. The van der Waals surface area contributed by atoms with Crippen LogP contribution in [0, 0.1) is 0 Å². The standard InChI is InChI=1S/C22H29N3O3.ClH/c23-11-4-14-28-19-9-12-25(13-10-19)22(27)16-24-21(26)15-18-7-3-6-17-5-1-2-8-20(17)18;/h1-3,5-8,19H,4,9-16,23H2,(H,24,26);1H. The third-order valence-electron chi connectivity index (χ3n) is 5.16. The Labute approximate surface area is 178 Å². The van der Waals surface area contributed by atoms with Crippen molar-refractivity contribution in [3.63, 3.8) is 0 Å². The minimum atomic E-state index is -0.135. The molecule has 29 heavy (non-hydrogen) atoms. The number of piperidine rings is 1. The lowest BCUT2D eigenvalue weighted by molar-refractivity contribution is -0.135. The number of carbonyl (C=O) groups is 2. The summed E-state index contributed by atoms with van der Waals surface area (Å²) in [6.45, 7) is 2.70. The Kier molecular flexibility index (Phi) is 9.38. The third-order valence-corrected chi connectivity index (χ3v) is 5.16. The van der Waals surface area contributed by atoms with Gasteiger partial charge in [0, 0.05) is 19.7 Å². The molecule has 6 nitrogen and oxygen atoms in total. The van der Waals surface area contributed by atoms with Gasteiger partial charge in [-0.15, -0.1) is 12.4 Å². The Balaban J connectivity index is 0.00000300. The van der Waals surface area contributed by atoms with Crippen molar-refractivity contribution in [1.82, 2.24) is 10.2 Å². The predicted octanol–water partition coefficient (Wildman–Crippen LogP) is 2.28. The zero-order valence-corrected chi connectivity index (χ0v) is 17.5. The number of halogens is 1. The SMILES string of the molecule is Cl.NCCCOC1CCN(C(=O)CNC(=O)Cc2cccc3ccccc23)CC1. The number of hydrogen-bond acceptors (Lipinski definition) is 4. The van der Waals surface area contributed by atoms with Crippen molar-refractivity contribution in [2.24, 2.45) is 5.73 Å². The van der Waals surface area contributed by atoms with E-state index in [4.69, 9.17) is 10.5 Å². The van der Waals surface area contributed by atoms with Crippen LogP contribution in [0.15, 0.2) is 42.5 Å². The van der Waals surface area contributed by atoms with E-state index in [0.717, 1.165) is 35.6 Å². The van der Waals surface area contributed by atoms with Gasteiger partial charge in [-0.2, -0.15) is 0 Å². The molecular formula is C22H30ClN3O3. The quantitative estimate of drug-likeness (QED) is 0.643. The maximum absolute atomic E-state index is 12.4. The molecule has 0 spiro atoms. The summed E-state index contributed by atoms with van der Waals surface area (Å²) < 4.78 is 5.76. The van der Waals surface area contributed by atoms with Crippen LogP contribution in [0.1, 0.15) is 24.8 Å². The molecule has 2 aromatic rings. The summed E-state index contributed by atoms with van der Waals surface area (Å²) in [5.74, 6) is -0.170. The summed E-state index contributed by atoms with van der Waals surface area (Å²) in [6.07, 6.45) is 3.00. The van der Waals surface area contributed by atoms with Gasteiger partial charge in [-0.3, -0.25) is 9.59 Å². The van der Waals surface area contributed by atoms with Crippen LogP contribution < -0.4 is 11.1 Å². The van der Waals surface area contributed by atoms with Gasteiger partial charge in [0.1, 0.15) is 0 Å². The summed E-state index contributed by atoms with van der Waals surface area (Å²) in [4.78, 5) is 26.5. The molecule has 158 valence electrons. The zero-order valence-electron chi connectivity index (χ0n) is 16.6. The van der Waals surface area contributed by atoms with Gasteiger partial charge in [-0.05, 0) is 42.1 Å². The molecule has 0 atom stereocenters. The minimum Gasteiger partial charge on any atom is -0.378 e. The number of rotatable bonds is 8. The lowest BCUT2D eigenvalue weighted by Gasteiger charge is -2.32. The number of hydrogen-bond donors (Lipinski definition) is 2. The third kappa shape index (κ3) is 6.70. The number of nitrogens with two attached hydrogens (primary N) is 1. The first-order valence-electron chi connectivity index (χ1n) is 10.00. The first-order chi connectivity index (χ1) is 13.7. The molecule has 2 aromatic carbocycles. The topological polar surface area (TPSA) is 84.7 Å². The fraction of sp³-hybridized carbons (Fsp3) is 0.455. The molecule has 7 heteroatoms. The number of ether oxygens (including phenoxy) is 1. The van der Waals surface area contributed by atoms with Gasteiger partial charge in [-0.1, -0.05) is 42.5 Å². The number of fused-ring (bicyclic) bond motifs is 1. The van der Waals surface area contributed by atoms with Crippen molar-refractivity contribution in [3.05, 3.63) is 48.0 Å². The van der Waals surface area contributed by atoms with E-state index in [-0.39, 0.29) is 43.3 Å². The molecular weight excluding hydrogens is 390 g/mol. The molecule has 1 aliphatic rings. The van der Waals surface area contributed by atoms with Gasteiger partial charge in [0.05, 0.1) is 19.1 Å². The molecule has 3 N–H and O–H groups in total. The van der Waals surface area contributed by atoms with E-state index in [2.05, 4.69) is 5.32 Å².